The maximum Gasteiger partial charge on any atom is 0.306 e. The minimum atomic E-state index is -3.33. The molecule has 2 atom stereocenters. The van der Waals surface area contributed by atoms with E-state index in [0.29, 0.717) is 42.5 Å². The number of esters is 1. The van der Waals surface area contributed by atoms with Gasteiger partial charge in [-0.2, -0.15) is 4.31 Å². The van der Waals surface area contributed by atoms with Crippen molar-refractivity contribution >= 4 is 22.7 Å². The van der Waals surface area contributed by atoms with E-state index < -0.39 is 22.7 Å². The van der Waals surface area contributed by atoms with Crippen molar-refractivity contribution in [1.29, 1.82) is 0 Å². The summed E-state index contributed by atoms with van der Waals surface area (Å²) < 4.78 is 41.8. The Morgan fingerprint density at radius 3 is 2.59 bits per heavy atom. The number of hydrogen-bond donors (Lipinski definition) is 2. The normalized spacial score (nSPS) is 20.0. The molecule has 1 amide bonds. The molecular weight excluding hydrogens is 544 g/mol. The first-order valence-electron chi connectivity index (χ1n) is 14.1. The average molecular weight is 583 g/mol. The van der Waals surface area contributed by atoms with Crippen LogP contribution in [0.25, 0.3) is 0 Å². The van der Waals surface area contributed by atoms with E-state index >= 15 is 0 Å². The summed E-state index contributed by atoms with van der Waals surface area (Å²) in [6, 6.07) is 16.4. The molecule has 0 saturated carbocycles. The maximum absolute atomic E-state index is 12.9. The van der Waals surface area contributed by atoms with Gasteiger partial charge in [-0.1, -0.05) is 37.3 Å². The minimum absolute atomic E-state index is 0.0296. The van der Waals surface area contributed by atoms with Crippen LogP contribution >= 0.6 is 10.8 Å². The van der Waals surface area contributed by atoms with Crippen molar-refractivity contribution in [3.63, 3.8) is 0 Å². The molecule has 2 unspecified atom stereocenters. The molecule has 0 aliphatic carbocycles. The number of aryl methyl sites for hydroxylation is 1. The number of hydrogen-bond acceptors (Lipinski definition) is 8. The van der Waals surface area contributed by atoms with Crippen LogP contribution in [-0.4, -0.2) is 63.0 Å². The summed E-state index contributed by atoms with van der Waals surface area (Å²) in [5.74, 6) is 0.213. The van der Waals surface area contributed by atoms with E-state index in [1.54, 1.807) is 39.5 Å². The quantitative estimate of drug-likeness (QED) is 0.301. The van der Waals surface area contributed by atoms with Crippen molar-refractivity contribution in [3.05, 3.63) is 82.8 Å². The summed E-state index contributed by atoms with van der Waals surface area (Å²) in [5, 5.41) is 0. The fourth-order valence-corrected chi connectivity index (χ4v) is 7.08. The summed E-state index contributed by atoms with van der Waals surface area (Å²) >= 11 is 0. The van der Waals surface area contributed by atoms with Crippen LogP contribution in [0.5, 0.6) is 5.75 Å². The zero-order valence-electron chi connectivity index (χ0n) is 23.7. The highest BCUT2D eigenvalue weighted by Crippen LogP contribution is 2.57. The topological polar surface area (TPSA) is 113 Å². The number of furan rings is 1. The highest BCUT2D eigenvalue weighted by Gasteiger charge is 2.35. The Kier molecular flexibility index (Phi) is 8.74. The Hall–Kier alpha value is -3.31. The number of para-hydroxylation sites is 1. The van der Waals surface area contributed by atoms with Crippen LogP contribution in [0, 0.1) is 6.92 Å². The molecule has 1 fully saturated rings. The van der Waals surface area contributed by atoms with E-state index in [1.807, 2.05) is 38.1 Å². The average Bonchev–Trinajstić information content (AvgIpc) is 3.67. The standard InChI is InChI=1S/C31H38N2O7S/c1-4-24-20-33(41(36,37)29-10-6-5-9-27(29)39-24)19-23-17-22(12-11-21(23)2)25(18-30(34)38-3)26-13-14-28(40-26)31(35)32-15-7-8-16-32/h5-6,9-14,17,24-25,36-37H,4,7-8,15-16,18-20H2,1-3H3. The van der Waals surface area contributed by atoms with E-state index in [1.165, 1.54) is 7.11 Å². The van der Waals surface area contributed by atoms with Crippen LogP contribution in [0.4, 0.5) is 0 Å². The lowest BCUT2D eigenvalue weighted by Crippen LogP contribution is -2.34. The van der Waals surface area contributed by atoms with E-state index in [-0.39, 0.29) is 30.7 Å². The van der Waals surface area contributed by atoms with Crippen LogP contribution in [0.2, 0.25) is 0 Å². The highest BCUT2D eigenvalue weighted by atomic mass is 32.3. The van der Waals surface area contributed by atoms with Crippen molar-refractivity contribution in [2.45, 2.75) is 63.0 Å². The van der Waals surface area contributed by atoms with E-state index in [0.717, 1.165) is 29.5 Å². The summed E-state index contributed by atoms with van der Waals surface area (Å²) in [6.45, 7) is 6.01. The molecule has 5 rings (SSSR count). The summed E-state index contributed by atoms with van der Waals surface area (Å²) in [6.07, 6.45) is 2.48. The Morgan fingerprint density at radius 2 is 1.85 bits per heavy atom. The highest BCUT2D eigenvalue weighted by molar-refractivity contribution is 8.22. The van der Waals surface area contributed by atoms with Gasteiger partial charge in [-0.15, -0.1) is 10.8 Å². The van der Waals surface area contributed by atoms with Gasteiger partial charge < -0.3 is 18.8 Å². The lowest BCUT2D eigenvalue weighted by atomic mass is 9.90. The number of methoxy groups -OCH3 is 1. The molecule has 41 heavy (non-hydrogen) atoms. The van der Waals surface area contributed by atoms with Gasteiger partial charge in [-0.05, 0) is 67.1 Å². The first kappa shape index (κ1) is 29.2. The molecule has 2 N–H and O–H groups in total. The van der Waals surface area contributed by atoms with Crippen LogP contribution in [0.3, 0.4) is 0 Å². The molecule has 1 aromatic heterocycles. The van der Waals surface area contributed by atoms with E-state index in [2.05, 4.69) is 0 Å². The molecular formula is C31H38N2O7S. The smallest absolute Gasteiger partial charge is 0.306 e. The van der Waals surface area contributed by atoms with Crippen molar-refractivity contribution in [3.8, 4) is 5.75 Å². The second-order valence-electron chi connectivity index (χ2n) is 10.7. The van der Waals surface area contributed by atoms with Gasteiger partial charge in [0.25, 0.3) is 5.91 Å². The predicted molar refractivity (Wildman–Crippen MR) is 156 cm³/mol. The Labute approximate surface area is 242 Å². The maximum atomic E-state index is 12.9. The second kappa shape index (κ2) is 12.3. The molecule has 2 aliphatic heterocycles. The molecule has 2 aliphatic rings. The third kappa shape index (κ3) is 6.16. The molecule has 9 nitrogen and oxygen atoms in total. The fraction of sp³-hybridized carbons (Fsp3) is 0.419. The molecule has 3 heterocycles. The number of nitrogens with zero attached hydrogens (tertiary/aromatic N) is 2. The molecule has 1 saturated heterocycles. The van der Waals surface area contributed by atoms with Gasteiger partial charge in [-0.25, -0.2) is 0 Å². The third-order valence-corrected chi connectivity index (χ3v) is 9.88. The summed E-state index contributed by atoms with van der Waals surface area (Å²) in [4.78, 5) is 27.6. The van der Waals surface area contributed by atoms with Gasteiger partial charge in [0.1, 0.15) is 22.5 Å². The molecule has 2 aromatic carbocycles. The van der Waals surface area contributed by atoms with Crippen molar-refractivity contribution in [2.75, 3.05) is 26.7 Å². The fourth-order valence-electron chi connectivity index (χ4n) is 5.46. The number of rotatable bonds is 8. The van der Waals surface area contributed by atoms with Crippen LogP contribution in [0.1, 0.15) is 71.5 Å². The molecule has 3 aromatic rings. The zero-order valence-corrected chi connectivity index (χ0v) is 24.6. The molecule has 0 bridgehead atoms. The number of carbonyl (C=O) groups excluding carboxylic acids is 2. The Morgan fingerprint density at radius 1 is 1.10 bits per heavy atom. The van der Waals surface area contributed by atoms with Gasteiger partial charge in [0, 0.05) is 19.6 Å². The molecule has 0 radical (unpaired) electrons. The van der Waals surface area contributed by atoms with E-state index in [9.17, 15) is 18.7 Å². The SMILES string of the molecule is CCC1CN(Cc2cc(C(CC(=O)OC)c3ccc(C(=O)N4CCCC4)o3)ccc2C)S(O)(O)c2ccccc2O1. The Balaban J connectivity index is 1.47. The molecule has 10 heteroatoms. The van der Waals surface area contributed by atoms with Crippen molar-refractivity contribution in [1.82, 2.24) is 9.21 Å². The zero-order chi connectivity index (χ0) is 29.1. The second-order valence-corrected chi connectivity index (χ2v) is 12.7. The molecule has 220 valence electrons. The van der Waals surface area contributed by atoms with E-state index in [4.69, 9.17) is 13.9 Å². The summed E-state index contributed by atoms with van der Waals surface area (Å²) in [5.41, 5.74) is 2.66. The minimum Gasteiger partial charge on any atom is -0.487 e. The van der Waals surface area contributed by atoms with Gasteiger partial charge in [-0.3, -0.25) is 18.7 Å². The third-order valence-electron chi connectivity index (χ3n) is 7.96. The lowest BCUT2D eigenvalue weighted by Gasteiger charge is -2.42. The van der Waals surface area contributed by atoms with Gasteiger partial charge in [0.2, 0.25) is 0 Å². The number of likely N-dealkylation sites (tertiary alicyclic amines) is 1. The number of fused-ring (bicyclic) bond motifs is 1. The van der Waals surface area contributed by atoms with Crippen molar-refractivity contribution < 1.29 is 32.6 Å². The number of amides is 1. The largest absolute Gasteiger partial charge is 0.487 e. The van der Waals surface area contributed by atoms with Crippen LogP contribution < -0.4 is 4.74 Å². The number of benzene rings is 2. The van der Waals surface area contributed by atoms with Gasteiger partial charge >= 0.3 is 5.97 Å². The lowest BCUT2D eigenvalue weighted by molar-refractivity contribution is -0.140. The van der Waals surface area contributed by atoms with Gasteiger partial charge in [0.05, 0.1) is 26.0 Å². The van der Waals surface area contributed by atoms with Crippen LogP contribution in [-0.2, 0) is 16.1 Å². The number of carbonyl (C=O) groups is 2. The first-order chi connectivity index (χ1) is 19.7. The Bertz CT molecular complexity index is 1400. The van der Waals surface area contributed by atoms with Crippen molar-refractivity contribution in [2.24, 2.45) is 0 Å². The number of ether oxygens (including phenoxy) is 2. The van der Waals surface area contributed by atoms with Crippen LogP contribution in [0.15, 0.2) is 63.9 Å². The summed E-state index contributed by atoms with van der Waals surface area (Å²) in [7, 11) is -1.98. The monoisotopic (exact) mass is 582 g/mol. The van der Waals surface area contributed by atoms with Gasteiger partial charge in [0.15, 0.2) is 5.76 Å². The predicted octanol–water partition coefficient (Wildman–Crippen LogP) is 6.22. The first-order valence-corrected chi connectivity index (χ1v) is 15.6. The molecule has 0 spiro atoms.